The Morgan fingerprint density at radius 1 is 1.03 bits per heavy atom. The van der Waals surface area contributed by atoms with Crippen LogP contribution in [-0.4, -0.2) is 40.3 Å². The zero-order valence-electron chi connectivity index (χ0n) is 18.4. The number of thiazole rings is 1. The van der Waals surface area contributed by atoms with E-state index in [1.807, 2.05) is 36.4 Å². The third-order valence-corrected chi connectivity index (χ3v) is 6.95. The number of anilines is 2. The summed E-state index contributed by atoms with van der Waals surface area (Å²) in [6.07, 6.45) is 2.60. The number of benzene rings is 2. The summed E-state index contributed by atoms with van der Waals surface area (Å²) in [5.74, 6) is 2.37. The topological polar surface area (TPSA) is 63.2 Å². The zero-order valence-corrected chi connectivity index (χ0v) is 19.2. The first kappa shape index (κ1) is 20.8. The van der Waals surface area contributed by atoms with Crippen molar-refractivity contribution in [1.29, 1.82) is 0 Å². The number of nitrogens with zero attached hydrogens (tertiary/aromatic N) is 4. The summed E-state index contributed by atoms with van der Waals surface area (Å²) in [4.78, 5) is 7.27. The van der Waals surface area contributed by atoms with Gasteiger partial charge in [-0.1, -0.05) is 24.3 Å². The van der Waals surface area contributed by atoms with Crippen molar-refractivity contribution < 1.29 is 4.74 Å². The van der Waals surface area contributed by atoms with Gasteiger partial charge in [0.1, 0.15) is 5.75 Å². The Balaban J connectivity index is 1.26. The molecule has 164 valence electrons. The van der Waals surface area contributed by atoms with E-state index in [-0.39, 0.29) is 0 Å². The molecule has 3 heterocycles. The van der Waals surface area contributed by atoms with Gasteiger partial charge in [0.05, 0.1) is 23.0 Å². The van der Waals surface area contributed by atoms with Gasteiger partial charge in [0.25, 0.3) is 0 Å². The Bertz CT molecular complexity index is 1180. The number of nitrogens with one attached hydrogen (secondary N) is 1. The molecule has 0 atom stereocenters. The molecular formula is C25H27N5OS. The van der Waals surface area contributed by atoms with E-state index in [2.05, 4.69) is 45.5 Å². The minimum Gasteiger partial charge on any atom is -0.497 e. The summed E-state index contributed by atoms with van der Waals surface area (Å²) >= 11 is 1.65. The van der Waals surface area contributed by atoms with Crippen molar-refractivity contribution in [3.63, 3.8) is 0 Å². The molecule has 6 nitrogen and oxygen atoms in total. The van der Waals surface area contributed by atoms with Gasteiger partial charge in [-0.05, 0) is 85.9 Å². The third kappa shape index (κ3) is 4.74. The van der Waals surface area contributed by atoms with E-state index in [0.29, 0.717) is 5.82 Å². The van der Waals surface area contributed by atoms with Crippen LogP contribution >= 0.6 is 11.3 Å². The molecule has 2 aromatic heterocycles. The number of fused-ring (bicyclic) bond motifs is 1. The van der Waals surface area contributed by atoms with Crippen LogP contribution in [0.15, 0.2) is 54.6 Å². The second-order valence-corrected chi connectivity index (χ2v) is 9.47. The van der Waals surface area contributed by atoms with Crippen LogP contribution in [0.4, 0.5) is 10.9 Å². The van der Waals surface area contributed by atoms with Crippen molar-refractivity contribution in [2.24, 2.45) is 5.92 Å². The molecule has 1 saturated heterocycles. The summed E-state index contributed by atoms with van der Waals surface area (Å²) in [5.41, 5.74) is 4.18. The van der Waals surface area contributed by atoms with Crippen LogP contribution in [0.2, 0.25) is 0 Å². The van der Waals surface area contributed by atoms with Gasteiger partial charge in [-0.15, -0.1) is 10.2 Å². The van der Waals surface area contributed by atoms with Gasteiger partial charge in [-0.25, -0.2) is 4.98 Å². The lowest BCUT2D eigenvalue weighted by molar-refractivity contribution is 0.185. The molecule has 7 heteroatoms. The van der Waals surface area contributed by atoms with E-state index in [4.69, 9.17) is 9.72 Å². The molecule has 4 aromatic rings. The number of rotatable bonds is 6. The quantitative estimate of drug-likeness (QED) is 0.408. The summed E-state index contributed by atoms with van der Waals surface area (Å²) < 4.78 is 6.40. The smallest absolute Gasteiger partial charge is 0.189 e. The Kier molecular flexibility index (Phi) is 6.01. The summed E-state index contributed by atoms with van der Waals surface area (Å²) in [5, 5.41) is 12.8. The van der Waals surface area contributed by atoms with Crippen LogP contribution in [0.3, 0.4) is 0 Å². The molecule has 1 aliphatic rings. The predicted molar refractivity (Wildman–Crippen MR) is 131 cm³/mol. The molecular weight excluding hydrogens is 418 g/mol. The maximum absolute atomic E-state index is 5.21. The van der Waals surface area contributed by atoms with Gasteiger partial charge in [-0.3, -0.25) is 4.90 Å². The first-order chi connectivity index (χ1) is 15.7. The highest BCUT2D eigenvalue weighted by molar-refractivity contribution is 7.22. The number of likely N-dealkylation sites (tertiary alicyclic amines) is 1. The van der Waals surface area contributed by atoms with E-state index in [1.165, 1.54) is 36.2 Å². The largest absolute Gasteiger partial charge is 0.497 e. The molecule has 0 bridgehead atoms. The third-order valence-electron chi connectivity index (χ3n) is 6.02. The first-order valence-electron chi connectivity index (χ1n) is 11.0. The van der Waals surface area contributed by atoms with Crippen LogP contribution < -0.4 is 10.1 Å². The Labute approximate surface area is 192 Å². The average molecular weight is 446 g/mol. The molecule has 32 heavy (non-hydrogen) atoms. The molecule has 1 N–H and O–H groups in total. The summed E-state index contributed by atoms with van der Waals surface area (Å²) in [6, 6.07) is 18.3. The van der Waals surface area contributed by atoms with Crippen LogP contribution in [0.5, 0.6) is 5.75 Å². The lowest BCUT2D eigenvalue weighted by Crippen LogP contribution is -2.32. The Morgan fingerprint density at radius 3 is 2.56 bits per heavy atom. The molecule has 5 rings (SSSR count). The van der Waals surface area contributed by atoms with Gasteiger partial charge >= 0.3 is 0 Å². The number of hydrogen-bond acceptors (Lipinski definition) is 7. The van der Waals surface area contributed by atoms with Crippen LogP contribution in [0.25, 0.3) is 21.5 Å². The molecule has 0 radical (unpaired) electrons. The van der Waals surface area contributed by atoms with Gasteiger partial charge in [-0.2, -0.15) is 0 Å². The lowest BCUT2D eigenvalue weighted by atomic mass is 9.99. The van der Waals surface area contributed by atoms with E-state index in [9.17, 15) is 0 Å². The number of aromatic nitrogens is 3. The monoisotopic (exact) mass is 445 g/mol. The molecule has 0 saturated carbocycles. The van der Waals surface area contributed by atoms with Crippen molar-refractivity contribution in [1.82, 2.24) is 20.1 Å². The minimum atomic E-state index is 0.684. The second-order valence-electron chi connectivity index (χ2n) is 8.44. The van der Waals surface area contributed by atoms with E-state index < -0.39 is 0 Å². The highest BCUT2D eigenvalue weighted by atomic mass is 32.1. The minimum absolute atomic E-state index is 0.684. The van der Waals surface area contributed by atoms with Crippen LogP contribution in [-0.2, 0) is 6.54 Å². The average Bonchev–Trinajstić information content (AvgIpc) is 3.23. The number of hydrogen-bond donors (Lipinski definition) is 1. The van der Waals surface area contributed by atoms with Crippen LogP contribution in [0, 0.1) is 5.92 Å². The Hall–Kier alpha value is -3.03. The molecule has 1 aliphatic heterocycles. The SMILES string of the molecule is COc1ccc(-c2ccc(Nc3nc4ccc(CN5CCC(C)CC5)cc4s3)nn2)cc1. The van der Waals surface area contributed by atoms with Crippen LogP contribution in [0.1, 0.15) is 25.3 Å². The first-order valence-corrected chi connectivity index (χ1v) is 11.8. The number of ether oxygens (including phenoxy) is 1. The van der Waals surface area contributed by atoms with Crippen molar-refractivity contribution in [3.8, 4) is 17.0 Å². The highest BCUT2D eigenvalue weighted by Gasteiger charge is 2.16. The lowest BCUT2D eigenvalue weighted by Gasteiger charge is -2.30. The molecule has 0 spiro atoms. The second kappa shape index (κ2) is 9.22. The summed E-state index contributed by atoms with van der Waals surface area (Å²) in [6.45, 7) is 5.76. The van der Waals surface area contributed by atoms with Crippen molar-refractivity contribution in [3.05, 3.63) is 60.2 Å². The molecule has 0 unspecified atom stereocenters. The predicted octanol–water partition coefficient (Wildman–Crippen LogP) is 5.74. The maximum atomic E-state index is 5.21. The normalized spacial score (nSPS) is 15.2. The molecule has 0 amide bonds. The highest BCUT2D eigenvalue weighted by Crippen LogP contribution is 2.30. The zero-order chi connectivity index (χ0) is 21.9. The van der Waals surface area contributed by atoms with Gasteiger partial charge in [0.15, 0.2) is 10.9 Å². The molecule has 0 aliphatic carbocycles. The number of methoxy groups -OCH3 is 1. The van der Waals surface area contributed by atoms with E-state index >= 15 is 0 Å². The fourth-order valence-electron chi connectivity index (χ4n) is 4.02. The van der Waals surface area contributed by atoms with Crippen molar-refractivity contribution >= 4 is 32.5 Å². The fourth-order valence-corrected chi connectivity index (χ4v) is 4.96. The standard InChI is InChI=1S/C25H27N5OS/c1-17-11-13-30(14-12-17)16-18-3-8-22-23(15-18)32-25(26-22)27-24-10-9-21(28-29-24)19-4-6-20(31-2)7-5-19/h3-10,15,17H,11-14,16H2,1-2H3,(H,26,27,29). The fraction of sp³-hybridized carbons (Fsp3) is 0.320. The van der Waals surface area contributed by atoms with Gasteiger partial charge < -0.3 is 10.1 Å². The maximum Gasteiger partial charge on any atom is 0.189 e. The molecule has 1 fully saturated rings. The van der Waals surface area contributed by atoms with Crippen molar-refractivity contribution in [2.45, 2.75) is 26.3 Å². The number of piperidine rings is 1. The summed E-state index contributed by atoms with van der Waals surface area (Å²) in [7, 11) is 1.66. The van der Waals surface area contributed by atoms with E-state index in [0.717, 1.165) is 40.1 Å². The van der Waals surface area contributed by atoms with E-state index in [1.54, 1.807) is 18.4 Å². The van der Waals surface area contributed by atoms with Gasteiger partial charge in [0, 0.05) is 12.1 Å². The van der Waals surface area contributed by atoms with Crippen molar-refractivity contribution in [2.75, 3.05) is 25.5 Å². The molecule has 2 aromatic carbocycles. The Morgan fingerprint density at radius 2 is 1.84 bits per heavy atom. The van der Waals surface area contributed by atoms with Gasteiger partial charge in [0.2, 0.25) is 0 Å².